The van der Waals surface area contributed by atoms with Crippen LogP contribution in [0.3, 0.4) is 0 Å². The topological polar surface area (TPSA) is 91.0 Å². The lowest BCUT2D eigenvalue weighted by Crippen LogP contribution is -2.54. The van der Waals surface area contributed by atoms with Crippen LogP contribution in [-0.2, 0) is 4.79 Å². The van der Waals surface area contributed by atoms with Gasteiger partial charge in [0, 0.05) is 40.8 Å². The van der Waals surface area contributed by atoms with E-state index in [1.807, 2.05) is 73.7 Å². The summed E-state index contributed by atoms with van der Waals surface area (Å²) in [5, 5.41) is 13.4. The Morgan fingerprint density at radius 1 is 1.11 bits per heavy atom. The molecule has 0 spiro atoms. The van der Waals surface area contributed by atoms with Gasteiger partial charge in [-0.1, -0.05) is 36.9 Å². The van der Waals surface area contributed by atoms with Crippen molar-refractivity contribution in [2.75, 3.05) is 29.0 Å². The Hall–Kier alpha value is -4.30. The maximum atomic E-state index is 14.5. The number of alkyl halides is 1. The molecule has 4 aromatic rings. The van der Waals surface area contributed by atoms with Gasteiger partial charge in [0.15, 0.2) is 0 Å². The SMILES string of the molecule is C=CC(=O)Nc1cccc(-c2cccc3cnc(Nc4ccc(N[C@]5(C)CCNC[C@@H]5F)cc4)nc23)c1. The molecule has 3 aromatic carbocycles. The van der Waals surface area contributed by atoms with Crippen molar-refractivity contribution in [3.05, 3.63) is 85.6 Å². The summed E-state index contributed by atoms with van der Waals surface area (Å²) in [5.41, 5.74) is 4.41. The predicted octanol–water partition coefficient (Wildman–Crippen LogP) is 5.67. The zero-order valence-corrected chi connectivity index (χ0v) is 20.6. The van der Waals surface area contributed by atoms with Crippen molar-refractivity contribution in [1.29, 1.82) is 0 Å². The molecule has 2 atom stereocenters. The number of fused-ring (bicyclic) bond motifs is 1. The third kappa shape index (κ3) is 5.44. The molecular formula is C29H29FN6O. The Morgan fingerprint density at radius 3 is 2.68 bits per heavy atom. The van der Waals surface area contributed by atoms with E-state index in [0.717, 1.165) is 39.9 Å². The van der Waals surface area contributed by atoms with Gasteiger partial charge in [0.05, 0.1) is 11.1 Å². The number of benzene rings is 3. The molecule has 1 fully saturated rings. The fraction of sp³-hybridized carbons (Fsp3) is 0.207. The zero-order valence-electron chi connectivity index (χ0n) is 20.6. The Labute approximate surface area is 215 Å². The summed E-state index contributed by atoms with van der Waals surface area (Å²) < 4.78 is 14.5. The second kappa shape index (κ2) is 10.4. The summed E-state index contributed by atoms with van der Waals surface area (Å²) in [6.07, 6.45) is 2.78. The molecule has 1 saturated heterocycles. The highest BCUT2D eigenvalue weighted by Gasteiger charge is 2.36. The minimum Gasteiger partial charge on any atom is -0.377 e. The van der Waals surface area contributed by atoms with Crippen molar-refractivity contribution in [1.82, 2.24) is 15.3 Å². The molecule has 188 valence electrons. The highest BCUT2D eigenvalue weighted by molar-refractivity contribution is 6.00. The van der Waals surface area contributed by atoms with Gasteiger partial charge in [-0.05, 0) is 67.9 Å². The molecule has 8 heteroatoms. The molecule has 1 amide bonds. The molecule has 5 rings (SSSR count). The van der Waals surface area contributed by atoms with E-state index in [9.17, 15) is 9.18 Å². The molecule has 0 bridgehead atoms. The molecule has 0 aliphatic carbocycles. The summed E-state index contributed by atoms with van der Waals surface area (Å²) >= 11 is 0. The number of hydrogen-bond acceptors (Lipinski definition) is 6. The van der Waals surface area contributed by atoms with Gasteiger partial charge in [-0.2, -0.15) is 0 Å². The molecule has 0 radical (unpaired) electrons. The van der Waals surface area contributed by atoms with Crippen molar-refractivity contribution < 1.29 is 9.18 Å². The van der Waals surface area contributed by atoms with Crippen LogP contribution in [0, 0.1) is 0 Å². The van der Waals surface area contributed by atoms with Gasteiger partial charge in [-0.25, -0.2) is 14.4 Å². The number of piperidine rings is 1. The average Bonchev–Trinajstić information content (AvgIpc) is 2.91. The van der Waals surface area contributed by atoms with Crippen molar-refractivity contribution in [2.45, 2.75) is 25.1 Å². The lowest BCUT2D eigenvalue weighted by molar-refractivity contribution is -0.111. The van der Waals surface area contributed by atoms with Gasteiger partial charge >= 0.3 is 0 Å². The molecule has 2 heterocycles. The Balaban J connectivity index is 1.37. The summed E-state index contributed by atoms with van der Waals surface area (Å²) in [6, 6.07) is 21.2. The highest BCUT2D eigenvalue weighted by Crippen LogP contribution is 2.31. The van der Waals surface area contributed by atoms with Crippen LogP contribution >= 0.6 is 0 Å². The van der Waals surface area contributed by atoms with E-state index in [0.29, 0.717) is 24.6 Å². The number of halogens is 1. The van der Waals surface area contributed by atoms with E-state index in [4.69, 9.17) is 4.98 Å². The van der Waals surface area contributed by atoms with Crippen LogP contribution in [0.4, 0.5) is 27.4 Å². The van der Waals surface area contributed by atoms with Crippen molar-refractivity contribution in [3.63, 3.8) is 0 Å². The van der Waals surface area contributed by atoms with E-state index in [-0.39, 0.29) is 5.91 Å². The van der Waals surface area contributed by atoms with Crippen LogP contribution in [-0.4, -0.2) is 40.7 Å². The first-order valence-corrected chi connectivity index (χ1v) is 12.2. The normalized spacial score (nSPS) is 19.2. The van der Waals surface area contributed by atoms with E-state index < -0.39 is 11.7 Å². The third-order valence-corrected chi connectivity index (χ3v) is 6.64. The number of para-hydroxylation sites is 1. The minimum absolute atomic E-state index is 0.264. The van der Waals surface area contributed by atoms with Crippen LogP contribution < -0.4 is 21.3 Å². The van der Waals surface area contributed by atoms with Gasteiger partial charge in [0.1, 0.15) is 6.17 Å². The second-order valence-electron chi connectivity index (χ2n) is 9.38. The van der Waals surface area contributed by atoms with E-state index in [1.165, 1.54) is 6.08 Å². The number of nitrogens with zero attached hydrogens (tertiary/aromatic N) is 2. The Morgan fingerprint density at radius 2 is 1.89 bits per heavy atom. The standard InChI is InChI=1S/C29H29FN6O/c1-3-26(37)33-23-8-4-6-19(16-23)24-9-5-7-20-17-32-28(35-27(20)24)34-21-10-12-22(13-11-21)36-29(2)14-15-31-18-25(29)30/h3-13,16-17,25,31,36H,1,14-15,18H2,2H3,(H,33,37)(H,32,34,35)/t25-,29+/m0/s1. The average molecular weight is 497 g/mol. The largest absolute Gasteiger partial charge is 0.377 e. The van der Waals surface area contributed by atoms with Crippen LogP contribution in [0.5, 0.6) is 0 Å². The lowest BCUT2D eigenvalue weighted by Gasteiger charge is -2.39. The number of rotatable bonds is 7. The number of carbonyl (C=O) groups excluding carboxylic acids is 1. The van der Waals surface area contributed by atoms with Crippen LogP contribution in [0.25, 0.3) is 22.0 Å². The summed E-state index contributed by atoms with van der Waals surface area (Å²) in [7, 11) is 0. The number of amides is 1. The van der Waals surface area contributed by atoms with E-state index in [1.54, 1.807) is 6.20 Å². The van der Waals surface area contributed by atoms with Gasteiger partial charge in [-0.3, -0.25) is 4.79 Å². The number of anilines is 4. The number of nitrogens with one attached hydrogen (secondary N) is 4. The van der Waals surface area contributed by atoms with Gasteiger partial charge in [0.2, 0.25) is 11.9 Å². The molecule has 4 N–H and O–H groups in total. The van der Waals surface area contributed by atoms with Gasteiger partial charge in [-0.15, -0.1) is 0 Å². The van der Waals surface area contributed by atoms with Gasteiger partial charge < -0.3 is 21.3 Å². The monoisotopic (exact) mass is 496 g/mol. The quantitative estimate of drug-likeness (QED) is 0.247. The lowest BCUT2D eigenvalue weighted by atomic mass is 9.88. The molecule has 7 nitrogen and oxygen atoms in total. The van der Waals surface area contributed by atoms with Crippen molar-refractivity contribution in [3.8, 4) is 11.1 Å². The molecule has 1 aliphatic rings. The maximum Gasteiger partial charge on any atom is 0.247 e. The second-order valence-corrected chi connectivity index (χ2v) is 9.38. The molecule has 0 saturated carbocycles. The minimum atomic E-state index is -0.960. The van der Waals surface area contributed by atoms with E-state index in [2.05, 4.69) is 32.8 Å². The Kier molecular flexibility index (Phi) is 6.83. The first-order valence-electron chi connectivity index (χ1n) is 12.2. The summed E-state index contributed by atoms with van der Waals surface area (Å²) in [5.74, 6) is 0.199. The van der Waals surface area contributed by atoms with Crippen molar-refractivity contribution in [2.24, 2.45) is 0 Å². The first kappa shape index (κ1) is 24.4. The smallest absolute Gasteiger partial charge is 0.247 e. The van der Waals surface area contributed by atoms with Crippen LogP contribution in [0.2, 0.25) is 0 Å². The number of carbonyl (C=O) groups is 1. The van der Waals surface area contributed by atoms with Crippen LogP contribution in [0.15, 0.2) is 85.6 Å². The van der Waals surface area contributed by atoms with Crippen molar-refractivity contribution >= 4 is 39.8 Å². The zero-order chi connectivity index (χ0) is 25.8. The first-order chi connectivity index (χ1) is 17.9. The van der Waals surface area contributed by atoms with Crippen LogP contribution in [0.1, 0.15) is 13.3 Å². The molecule has 37 heavy (non-hydrogen) atoms. The maximum absolute atomic E-state index is 14.5. The Bertz CT molecular complexity index is 1440. The summed E-state index contributed by atoms with van der Waals surface area (Å²) in [6.45, 7) is 6.58. The molecule has 1 aromatic heterocycles. The third-order valence-electron chi connectivity index (χ3n) is 6.64. The fourth-order valence-corrected chi connectivity index (χ4v) is 4.50. The predicted molar refractivity (Wildman–Crippen MR) is 148 cm³/mol. The molecule has 1 aliphatic heterocycles. The summed E-state index contributed by atoms with van der Waals surface area (Å²) in [4.78, 5) is 21.0. The highest BCUT2D eigenvalue weighted by atomic mass is 19.1. The number of aromatic nitrogens is 2. The number of hydrogen-bond donors (Lipinski definition) is 4. The fourth-order valence-electron chi connectivity index (χ4n) is 4.50. The van der Waals surface area contributed by atoms with E-state index >= 15 is 0 Å². The van der Waals surface area contributed by atoms with Gasteiger partial charge in [0.25, 0.3) is 0 Å². The molecule has 0 unspecified atom stereocenters. The molecular weight excluding hydrogens is 467 g/mol.